The normalized spacial score (nSPS) is 9.77. The Labute approximate surface area is 83.1 Å². The van der Waals surface area contributed by atoms with Crippen LogP contribution in [0.2, 0.25) is 0 Å². The van der Waals surface area contributed by atoms with Crippen LogP contribution < -0.4 is 0 Å². The van der Waals surface area contributed by atoms with Crippen LogP contribution in [0.25, 0.3) is 0 Å². The van der Waals surface area contributed by atoms with Gasteiger partial charge in [-0.25, -0.2) is 14.2 Å². The first-order valence-electron chi connectivity index (χ1n) is 3.63. The van der Waals surface area contributed by atoms with Gasteiger partial charge in [-0.2, -0.15) is 0 Å². The Balaban J connectivity index is 2.90. The lowest BCUT2D eigenvalue weighted by Gasteiger charge is -2.00. The molecule has 5 heteroatoms. The smallest absolute Gasteiger partial charge is 0.356 e. The first-order valence-corrected chi connectivity index (χ1v) is 4.42. The highest BCUT2D eigenvalue weighted by atomic mass is 79.9. The van der Waals surface area contributed by atoms with E-state index in [-0.39, 0.29) is 16.8 Å². The highest BCUT2D eigenvalue weighted by Gasteiger charge is 2.10. The van der Waals surface area contributed by atoms with E-state index in [9.17, 15) is 9.18 Å². The van der Waals surface area contributed by atoms with Crippen LogP contribution in [0.4, 0.5) is 4.39 Å². The first kappa shape index (κ1) is 10.1. The van der Waals surface area contributed by atoms with Crippen LogP contribution in [0, 0.1) is 5.82 Å². The molecule has 0 spiro atoms. The van der Waals surface area contributed by atoms with Crippen molar-refractivity contribution < 1.29 is 13.9 Å². The standard InChI is InChI=1S/C8H7BrFNO2/c1-2-13-8(12)7-3-5(9)6(10)4-11-7/h3-4H,2H2,1H3. The number of hydrogen-bond acceptors (Lipinski definition) is 3. The van der Waals surface area contributed by atoms with Crippen molar-refractivity contribution >= 4 is 21.9 Å². The quantitative estimate of drug-likeness (QED) is 0.753. The molecule has 0 aromatic carbocycles. The highest BCUT2D eigenvalue weighted by molar-refractivity contribution is 9.10. The van der Waals surface area contributed by atoms with E-state index >= 15 is 0 Å². The molecular weight excluding hydrogens is 241 g/mol. The molecule has 0 aliphatic rings. The molecule has 0 saturated heterocycles. The zero-order chi connectivity index (χ0) is 9.84. The zero-order valence-corrected chi connectivity index (χ0v) is 8.47. The molecule has 70 valence electrons. The third-order valence-corrected chi connectivity index (χ3v) is 1.90. The van der Waals surface area contributed by atoms with Gasteiger partial charge in [0.15, 0.2) is 5.82 Å². The predicted molar refractivity (Wildman–Crippen MR) is 47.9 cm³/mol. The molecule has 0 unspecified atom stereocenters. The number of pyridine rings is 1. The average molecular weight is 248 g/mol. The van der Waals surface area contributed by atoms with Crippen molar-refractivity contribution in [2.75, 3.05) is 6.61 Å². The fourth-order valence-electron chi connectivity index (χ4n) is 0.731. The molecular formula is C8H7BrFNO2. The summed E-state index contributed by atoms with van der Waals surface area (Å²) in [6, 6.07) is 1.29. The number of ether oxygens (including phenoxy) is 1. The van der Waals surface area contributed by atoms with Crippen molar-refractivity contribution in [1.29, 1.82) is 0 Å². The van der Waals surface area contributed by atoms with E-state index in [0.29, 0.717) is 0 Å². The zero-order valence-electron chi connectivity index (χ0n) is 6.88. The van der Waals surface area contributed by atoms with E-state index in [2.05, 4.69) is 25.7 Å². The highest BCUT2D eigenvalue weighted by Crippen LogP contribution is 2.15. The van der Waals surface area contributed by atoms with Crippen molar-refractivity contribution in [3.8, 4) is 0 Å². The Kier molecular flexibility index (Phi) is 3.36. The molecule has 3 nitrogen and oxygen atoms in total. The van der Waals surface area contributed by atoms with Gasteiger partial charge in [-0.05, 0) is 28.9 Å². The monoisotopic (exact) mass is 247 g/mol. The Bertz CT molecular complexity index is 330. The summed E-state index contributed by atoms with van der Waals surface area (Å²) in [7, 11) is 0. The third kappa shape index (κ3) is 2.48. The number of aromatic nitrogens is 1. The van der Waals surface area contributed by atoms with Gasteiger partial charge in [-0.15, -0.1) is 0 Å². The molecule has 1 aromatic heterocycles. The molecule has 1 rings (SSSR count). The van der Waals surface area contributed by atoms with Crippen molar-refractivity contribution in [2.45, 2.75) is 6.92 Å². The fraction of sp³-hybridized carbons (Fsp3) is 0.250. The Morgan fingerprint density at radius 3 is 3.00 bits per heavy atom. The Hall–Kier alpha value is -0.970. The number of hydrogen-bond donors (Lipinski definition) is 0. The van der Waals surface area contributed by atoms with Gasteiger partial charge in [0.2, 0.25) is 0 Å². The summed E-state index contributed by atoms with van der Waals surface area (Å²) in [5.41, 5.74) is 0.0927. The lowest BCUT2D eigenvalue weighted by Crippen LogP contribution is -2.07. The SMILES string of the molecule is CCOC(=O)c1cc(Br)c(F)cn1. The number of carbonyl (C=O) groups is 1. The maximum Gasteiger partial charge on any atom is 0.356 e. The summed E-state index contributed by atoms with van der Waals surface area (Å²) in [6.07, 6.45) is 0.969. The molecule has 1 aromatic rings. The Morgan fingerprint density at radius 2 is 2.46 bits per heavy atom. The molecule has 0 saturated carbocycles. The van der Waals surface area contributed by atoms with Gasteiger partial charge in [-0.1, -0.05) is 0 Å². The summed E-state index contributed by atoms with van der Waals surface area (Å²) in [4.78, 5) is 14.7. The van der Waals surface area contributed by atoms with Crippen molar-refractivity contribution in [3.63, 3.8) is 0 Å². The van der Waals surface area contributed by atoms with E-state index in [4.69, 9.17) is 0 Å². The molecule has 0 amide bonds. The van der Waals surface area contributed by atoms with Gasteiger partial charge in [0.05, 0.1) is 17.3 Å². The topological polar surface area (TPSA) is 39.2 Å². The summed E-state index contributed by atoms with van der Waals surface area (Å²) in [5, 5.41) is 0. The molecule has 0 aliphatic carbocycles. The Morgan fingerprint density at radius 1 is 1.77 bits per heavy atom. The van der Waals surface area contributed by atoms with Gasteiger partial charge >= 0.3 is 5.97 Å². The van der Waals surface area contributed by atoms with Crippen LogP contribution in [0.1, 0.15) is 17.4 Å². The maximum absolute atomic E-state index is 12.7. The minimum atomic E-state index is -0.553. The van der Waals surface area contributed by atoms with Gasteiger partial charge in [0, 0.05) is 0 Å². The lowest BCUT2D eigenvalue weighted by molar-refractivity contribution is 0.0519. The minimum absolute atomic E-state index is 0.0927. The molecule has 0 N–H and O–H groups in total. The van der Waals surface area contributed by atoms with Gasteiger partial charge < -0.3 is 4.74 Å². The van der Waals surface area contributed by atoms with Crippen molar-refractivity contribution in [2.24, 2.45) is 0 Å². The second kappa shape index (κ2) is 4.32. The molecule has 0 radical (unpaired) electrons. The van der Waals surface area contributed by atoms with E-state index < -0.39 is 11.8 Å². The predicted octanol–water partition coefficient (Wildman–Crippen LogP) is 2.16. The molecule has 0 aliphatic heterocycles. The number of rotatable bonds is 2. The van der Waals surface area contributed by atoms with Crippen LogP contribution >= 0.6 is 15.9 Å². The number of esters is 1. The summed E-state index contributed by atoms with van der Waals surface area (Å²) >= 11 is 2.94. The van der Waals surface area contributed by atoms with Gasteiger partial charge in [0.1, 0.15) is 5.69 Å². The maximum atomic E-state index is 12.7. The molecule has 0 atom stereocenters. The van der Waals surface area contributed by atoms with Crippen LogP contribution in [0.15, 0.2) is 16.7 Å². The second-order valence-electron chi connectivity index (χ2n) is 2.20. The van der Waals surface area contributed by atoms with Crippen molar-refractivity contribution in [1.82, 2.24) is 4.98 Å². The summed E-state index contributed by atoms with van der Waals surface area (Å²) in [5.74, 6) is -1.06. The molecule has 13 heavy (non-hydrogen) atoms. The largest absolute Gasteiger partial charge is 0.461 e. The average Bonchev–Trinajstić information content (AvgIpc) is 2.10. The van der Waals surface area contributed by atoms with E-state index in [1.54, 1.807) is 6.92 Å². The van der Waals surface area contributed by atoms with E-state index in [0.717, 1.165) is 6.20 Å². The van der Waals surface area contributed by atoms with Gasteiger partial charge in [-0.3, -0.25) is 0 Å². The summed E-state index contributed by atoms with van der Waals surface area (Å²) in [6.45, 7) is 1.96. The molecule has 0 bridgehead atoms. The molecule has 1 heterocycles. The lowest BCUT2D eigenvalue weighted by atomic mass is 10.3. The summed E-state index contributed by atoms with van der Waals surface area (Å²) < 4.78 is 17.6. The van der Waals surface area contributed by atoms with E-state index in [1.807, 2.05) is 0 Å². The number of nitrogens with zero attached hydrogens (tertiary/aromatic N) is 1. The minimum Gasteiger partial charge on any atom is -0.461 e. The third-order valence-electron chi connectivity index (χ3n) is 1.29. The fourth-order valence-corrected chi connectivity index (χ4v) is 1.05. The van der Waals surface area contributed by atoms with Crippen LogP contribution in [-0.4, -0.2) is 17.6 Å². The second-order valence-corrected chi connectivity index (χ2v) is 3.06. The van der Waals surface area contributed by atoms with Crippen LogP contribution in [0.5, 0.6) is 0 Å². The van der Waals surface area contributed by atoms with Crippen molar-refractivity contribution in [3.05, 3.63) is 28.2 Å². The van der Waals surface area contributed by atoms with E-state index in [1.165, 1.54) is 6.07 Å². The number of halogens is 2. The number of carbonyl (C=O) groups excluding carboxylic acids is 1. The van der Waals surface area contributed by atoms with Gasteiger partial charge in [0.25, 0.3) is 0 Å². The first-order chi connectivity index (χ1) is 6.15. The van der Waals surface area contributed by atoms with Crippen LogP contribution in [-0.2, 0) is 4.74 Å². The molecule has 0 fully saturated rings. The van der Waals surface area contributed by atoms with Crippen LogP contribution in [0.3, 0.4) is 0 Å².